The standard InChI is InChI=1S/C11H13N.C10H12N2.C10H10O.C10H10S.C8H8N4.2C8H10.2C7H9N.C6H8S.CH4/c1-8-4-5-10-7-9(2)12(3)11(10)6-8;1-7-4-5-9-10(6-7)12(3)8(2)11-9;2*1-7-3-4-9-6-8(2)11-10(9)5-7;1-5-3-9-8-7(12-5)6(2)10-4-11-8;2*1-7-4-3-5-8(2)6-7;2*1-6-4-3-5-7(2)8-6;1-5-3-4-6(2)7-5;/h4-7H,1-3H3;4-6H,1-3H3;2*3-6H,1-2H3;3-4H,1-2H3;2*3-6H,1-2H3;2*3-5H,1-2H3;3-4H,1-2H3;1H4. The molecule has 0 amide bonds. The molecule has 0 aliphatic heterocycles. The highest BCUT2D eigenvalue weighted by molar-refractivity contribution is 7.19. The van der Waals surface area contributed by atoms with Crippen LogP contribution in [0.25, 0.3) is 54.2 Å². The number of imidazole rings is 1. The highest BCUT2D eigenvalue weighted by Crippen LogP contribution is 2.26. The third-order valence-corrected chi connectivity index (χ3v) is 17.2. The van der Waals surface area contributed by atoms with Gasteiger partial charge in [-0.2, -0.15) is 0 Å². The minimum Gasteiger partial charge on any atom is -0.461 e. The summed E-state index contributed by atoms with van der Waals surface area (Å²) in [6, 6.07) is 65.4. The normalized spacial score (nSPS) is 10.1. The number of nitrogens with zero attached hydrogens (tertiary/aromatic N) is 9. The summed E-state index contributed by atoms with van der Waals surface area (Å²) in [5.74, 6) is 2.04. The zero-order valence-corrected chi connectivity index (χ0v) is 62.9. The van der Waals surface area contributed by atoms with Crippen molar-refractivity contribution in [2.24, 2.45) is 14.1 Å². The van der Waals surface area contributed by atoms with Gasteiger partial charge in [-0.05, 0) is 256 Å². The van der Waals surface area contributed by atoms with Crippen LogP contribution in [0.4, 0.5) is 0 Å². The van der Waals surface area contributed by atoms with E-state index in [1.54, 1.807) is 6.20 Å². The number of aryl methyl sites for hydroxylation is 22. The van der Waals surface area contributed by atoms with Crippen molar-refractivity contribution in [3.05, 3.63) is 311 Å². The molecular weight excluding hydrogens is 1240 g/mol. The Morgan fingerprint density at radius 1 is 0.347 bits per heavy atom. The first-order valence-electron chi connectivity index (χ1n) is 32.8. The third-order valence-electron chi connectivity index (χ3n) is 15.2. The Morgan fingerprint density at radius 2 is 0.816 bits per heavy atom. The number of aromatic nitrogens is 9. The second kappa shape index (κ2) is 38.9. The molecule has 15 rings (SSSR count). The van der Waals surface area contributed by atoms with Gasteiger partial charge in [-0.15, -0.1) is 22.7 Å². The molecule has 9 heterocycles. The fraction of sp³-hybridized carbons (Fsp3) is 0.267. The average molecular weight is 1340 g/mol. The van der Waals surface area contributed by atoms with Crippen molar-refractivity contribution in [1.29, 1.82) is 0 Å². The Balaban J connectivity index is 0.000000198. The van der Waals surface area contributed by atoms with Crippen molar-refractivity contribution >= 4 is 76.8 Å². The van der Waals surface area contributed by atoms with Crippen molar-refractivity contribution in [2.45, 2.75) is 146 Å². The monoisotopic (exact) mass is 1340 g/mol. The number of hydrogen-bond donors (Lipinski definition) is 0. The summed E-state index contributed by atoms with van der Waals surface area (Å²) in [5.41, 5.74) is 24.0. The number of furan rings is 1. The van der Waals surface area contributed by atoms with E-state index in [1.807, 2.05) is 122 Å². The maximum atomic E-state index is 5.45. The van der Waals surface area contributed by atoms with Crippen molar-refractivity contribution in [3.8, 4) is 0 Å². The third kappa shape index (κ3) is 26.3. The molecule has 0 fully saturated rings. The van der Waals surface area contributed by atoms with Crippen molar-refractivity contribution in [1.82, 2.24) is 44.0 Å². The first-order chi connectivity index (χ1) is 46.1. The van der Waals surface area contributed by atoms with Gasteiger partial charge in [-0.1, -0.05) is 133 Å². The zero-order valence-electron chi connectivity index (χ0n) is 61.3. The molecule has 9 aromatic heterocycles. The van der Waals surface area contributed by atoms with Gasteiger partial charge in [-0.3, -0.25) is 9.97 Å². The second-order valence-electron chi connectivity index (χ2n) is 24.9. The molecule has 0 N–H and O–H groups in total. The Bertz CT molecular complexity index is 4520. The smallest absolute Gasteiger partial charge is 0.181 e. The van der Waals surface area contributed by atoms with Crippen molar-refractivity contribution < 1.29 is 4.42 Å². The van der Waals surface area contributed by atoms with Crippen LogP contribution in [0.2, 0.25) is 0 Å². The minimum atomic E-state index is 0. The van der Waals surface area contributed by atoms with Crippen LogP contribution in [0.1, 0.15) is 118 Å². The Morgan fingerprint density at radius 3 is 1.31 bits per heavy atom. The molecule has 6 aromatic carbocycles. The van der Waals surface area contributed by atoms with Crippen LogP contribution < -0.4 is 0 Å². The summed E-state index contributed by atoms with van der Waals surface area (Å²) >= 11 is 3.71. The van der Waals surface area contributed by atoms with Gasteiger partial charge in [-0.25, -0.2) is 24.9 Å². The average Bonchev–Trinajstić information content (AvgIpc) is 1.63. The van der Waals surface area contributed by atoms with Gasteiger partial charge in [0.05, 0.1) is 28.6 Å². The quantitative estimate of drug-likeness (QED) is 0.148. The van der Waals surface area contributed by atoms with Crippen molar-refractivity contribution in [3.63, 3.8) is 0 Å². The van der Waals surface area contributed by atoms with Crippen LogP contribution in [-0.4, -0.2) is 44.0 Å². The Hall–Kier alpha value is -9.75. The van der Waals surface area contributed by atoms with Crippen LogP contribution in [0.5, 0.6) is 0 Å². The number of thiophene rings is 2. The van der Waals surface area contributed by atoms with E-state index in [-0.39, 0.29) is 7.43 Å². The molecule has 0 aliphatic carbocycles. The van der Waals surface area contributed by atoms with E-state index in [0.29, 0.717) is 5.65 Å². The number of fused-ring (bicyclic) bond motifs is 5. The molecule has 12 heteroatoms. The summed E-state index contributed by atoms with van der Waals surface area (Å²) in [6.45, 7) is 41.1. The summed E-state index contributed by atoms with van der Waals surface area (Å²) in [5, 5.41) is 3.90. The van der Waals surface area contributed by atoms with E-state index >= 15 is 0 Å². The van der Waals surface area contributed by atoms with E-state index in [4.69, 9.17) is 4.42 Å². The maximum Gasteiger partial charge on any atom is 0.181 e. The molecule has 0 radical (unpaired) electrons. The van der Waals surface area contributed by atoms with Gasteiger partial charge < -0.3 is 13.6 Å². The predicted molar refractivity (Wildman–Crippen MR) is 424 cm³/mol. The number of benzene rings is 6. The molecule has 0 aliphatic rings. The Labute approximate surface area is 592 Å². The van der Waals surface area contributed by atoms with Crippen LogP contribution in [0.15, 0.2) is 205 Å². The van der Waals surface area contributed by atoms with Crippen LogP contribution in [0.3, 0.4) is 0 Å². The molecule has 510 valence electrons. The van der Waals surface area contributed by atoms with Gasteiger partial charge >= 0.3 is 0 Å². The lowest BCUT2D eigenvalue weighted by molar-refractivity contribution is 0.578. The maximum absolute atomic E-state index is 5.45. The SMILES string of the molecule is C.Cc1ccc(C)s1.Cc1ccc2cc(C)n(C)c2c1.Cc1ccc2cc(C)oc2c1.Cc1ccc2cc(C)sc2c1.Cc1ccc2nc(C)n(C)c2c1.Cc1cccc(C)c1.Cc1cccc(C)c1.Cc1cccc(C)n1.Cc1cccc(C)n1.Cc1cnc2ncnc(C)c2n1. The molecule has 0 spiro atoms. The molecule has 0 atom stereocenters. The molecule has 15 aromatic rings. The van der Waals surface area contributed by atoms with E-state index in [1.165, 1.54) is 103 Å². The van der Waals surface area contributed by atoms with Gasteiger partial charge in [0.25, 0.3) is 0 Å². The first-order valence-corrected chi connectivity index (χ1v) is 34.4. The number of hydrogen-bond acceptors (Lipinski definition) is 10. The van der Waals surface area contributed by atoms with Gasteiger partial charge in [0.1, 0.15) is 29.0 Å². The van der Waals surface area contributed by atoms with Crippen molar-refractivity contribution in [2.75, 3.05) is 0 Å². The number of rotatable bonds is 0. The highest BCUT2D eigenvalue weighted by atomic mass is 32.1. The van der Waals surface area contributed by atoms with Crippen LogP contribution >= 0.6 is 22.7 Å². The number of pyridine rings is 2. The van der Waals surface area contributed by atoms with Gasteiger partial charge in [0.15, 0.2) is 5.65 Å². The molecule has 0 saturated carbocycles. The lowest BCUT2D eigenvalue weighted by atomic mass is 10.2. The second-order valence-corrected chi connectivity index (χ2v) is 27.7. The van der Waals surface area contributed by atoms with E-state index < -0.39 is 0 Å². The summed E-state index contributed by atoms with van der Waals surface area (Å²) in [7, 11) is 4.15. The summed E-state index contributed by atoms with van der Waals surface area (Å²) in [6.07, 6.45) is 3.20. The lowest BCUT2D eigenvalue weighted by Gasteiger charge is -1.98. The van der Waals surface area contributed by atoms with Gasteiger partial charge in [0, 0.05) is 72.8 Å². The van der Waals surface area contributed by atoms with Crippen LogP contribution in [-0.2, 0) is 14.1 Å². The van der Waals surface area contributed by atoms with Gasteiger partial charge in [0.2, 0.25) is 0 Å². The molecule has 10 nitrogen and oxygen atoms in total. The predicted octanol–water partition coefficient (Wildman–Crippen LogP) is 23.6. The van der Waals surface area contributed by atoms with E-state index in [9.17, 15) is 0 Å². The molecule has 0 unspecified atom stereocenters. The molecule has 98 heavy (non-hydrogen) atoms. The molecule has 0 saturated heterocycles. The summed E-state index contributed by atoms with van der Waals surface area (Å²) < 4.78 is 11.2. The molecule has 0 bridgehead atoms. The molecular formula is C86H103N9OS2. The topological polar surface area (TPSA) is 113 Å². The first kappa shape index (κ1) is 78.9. The summed E-state index contributed by atoms with van der Waals surface area (Å²) in [4.78, 5) is 33.4. The zero-order chi connectivity index (χ0) is 70.9. The van der Waals surface area contributed by atoms with E-state index in [0.717, 1.165) is 62.4 Å². The Kier molecular flexibility index (Phi) is 31.3. The lowest BCUT2D eigenvalue weighted by Crippen LogP contribution is -1.94. The minimum absolute atomic E-state index is 0. The van der Waals surface area contributed by atoms with E-state index in [2.05, 4.69) is 286 Å². The fourth-order valence-corrected chi connectivity index (χ4v) is 11.9. The largest absolute Gasteiger partial charge is 0.461 e. The van der Waals surface area contributed by atoms with Crippen LogP contribution in [0, 0.1) is 138 Å². The fourth-order valence-electron chi connectivity index (χ4n) is 10.1. The highest BCUT2D eigenvalue weighted by Gasteiger charge is 2.05.